The highest BCUT2D eigenvalue weighted by Crippen LogP contribution is 2.27. The minimum absolute atomic E-state index is 0.121. The summed E-state index contributed by atoms with van der Waals surface area (Å²) in [5.41, 5.74) is 0.0315. The summed E-state index contributed by atoms with van der Waals surface area (Å²) in [4.78, 5) is 11.8. The van der Waals surface area contributed by atoms with Gasteiger partial charge in [-0.2, -0.15) is 0 Å². The molecule has 1 aliphatic carbocycles. The van der Waals surface area contributed by atoms with Gasteiger partial charge in [-0.3, -0.25) is 0 Å². The molecule has 0 heterocycles. The molecule has 2 rings (SSSR count). The van der Waals surface area contributed by atoms with Crippen LogP contribution in [0.1, 0.15) is 46.5 Å². The van der Waals surface area contributed by atoms with Crippen molar-refractivity contribution in [3.05, 3.63) is 28.5 Å². The number of benzene rings is 1. The van der Waals surface area contributed by atoms with Gasteiger partial charge in [-0.05, 0) is 74.5 Å². The Balaban J connectivity index is 1.80. The number of halogens is 2. The zero-order chi connectivity index (χ0) is 17.0. The Morgan fingerprint density at radius 2 is 1.83 bits per heavy atom. The van der Waals surface area contributed by atoms with Gasteiger partial charge in [0.15, 0.2) is 5.82 Å². The van der Waals surface area contributed by atoms with E-state index in [1.807, 2.05) is 26.8 Å². The first-order valence-electron chi connectivity index (χ1n) is 7.94. The minimum Gasteiger partial charge on any atom is -0.444 e. The van der Waals surface area contributed by atoms with E-state index in [1.54, 1.807) is 12.1 Å². The average molecular weight is 387 g/mol. The van der Waals surface area contributed by atoms with Crippen LogP contribution in [-0.2, 0) is 4.74 Å². The number of carbonyl (C=O) groups is 1. The van der Waals surface area contributed by atoms with Crippen molar-refractivity contribution >= 4 is 27.7 Å². The van der Waals surface area contributed by atoms with Crippen LogP contribution in [0.25, 0.3) is 0 Å². The van der Waals surface area contributed by atoms with Crippen LogP contribution < -0.4 is 10.6 Å². The third-order valence-corrected chi connectivity index (χ3v) is 4.37. The third kappa shape index (κ3) is 5.68. The summed E-state index contributed by atoms with van der Waals surface area (Å²) >= 11 is 3.20. The molecule has 1 amide bonds. The summed E-state index contributed by atoms with van der Waals surface area (Å²) in [6.07, 6.45) is 3.10. The summed E-state index contributed by atoms with van der Waals surface area (Å²) in [7, 11) is 0. The molecule has 128 valence electrons. The smallest absolute Gasteiger partial charge is 0.407 e. The maximum absolute atomic E-state index is 14.0. The van der Waals surface area contributed by atoms with Gasteiger partial charge in [0, 0.05) is 12.1 Å². The lowest BCUT2D eigenvalue weighted by Gasteiger charge is -2.31. The minimum atomic E-state index is -0.485. The second kappa shape index (κ2) is 7.51. The molecule has 23 heavy (non-hydrogen) atoms. The summed E-state index contributed by atoms with van der Waals surface area (Å²) < 4.78 is 19.7. The van der Waals surface area contributed by atoms with Gasteiger partial charge in [0.1, 0.15) is 5.60 Å². The highest BCUT2D eigenvalue weighted by molar-refractivity contribution is 9.10. The van der Waals surface area contributed by atoms with Crippen molar-refractivity contribution in [3.8, 4) is 0 Å². The van der Waals surface area contributed by atoms with E-state index < -0.39 is 5.60 Å². The van der Waals surface area contributed by atoms with E-state index in [-0.39, 0.29) is 24.0 Å². The maximum Gasteiger partial charge on any atom is 0.407 e. The topological polar surface area (TPSA) is 50.4 Å². The normalized spacial score (nSPS) is 21.6. The Bertz CT molecular complexity index is 552. The van der Waals surface area contributed by atoms with Crippen molar-refractivity contribution in [3.63, 3.8) is 0 Å². The third-order valence-electron chi connectivity index (χ3n) is 3.76. The molecule has 1 aromatic carbocycles. The predicted molar refractivity (Wildman–Crippen MR) is 93.1 cm³/mol. The van der Waals surface area contributed by atoms with Gasteiger partial charge < -0.3 is 15.4 Å². The second-order valence-electron chi connectivity index (χ2n) is 6.94. The SMILES string of the molecule is CC(C)(C)OC(=O)NC1CCC(Nc2cccc(Br)c2F)CC1. The monoisotopic (exact) mass is 386 g/mol. The predicted octanol–water partition coefficient (Wildman–Crippen LogP) is 4.84. The van der Waals surface area contributed by atoms with Gasteiger partial charge in [0.05, 0.1) is 10.2 Å². The Morgan fingerprint density at radius 1 is 1.22 bits per heavy atom. The Kier molecular flexibility index (Phi) is 5.89. The number of amides is 1. The highest BCUT2D eigenvalue weighted by atomic mass is 79.9. The number of rotatable bonds is 3. The number of ether oxygens (including phenoxy) is 1. The number of hydrogen-bond donors (Lipinski definition) is 2. The molecule has 0 radical (unpaired) electrons. The first-order chi connectivity index (χ1) is 10.7. The van der Waals surface area contributed by atoms with E-state index >= 15 is 0 Å². The molecular formula is C17H24BrFN2O2. The van der Waals surface area contributed by atoms with E-state index in [2.05, 4.69) is 26.6 Å². The Morgan fingerprint density at radius 3 is 2.43 bits per heavy atom. The first kappa shape index (κ1) is 18.0. The van der Waals surface area contributed by atoms with E-state index in [0.29, 0.717) is 10.2 Å². The van der Waals surface area contributed by atoms with Gasteiger partial charge >= 0.3 is 6.09 Å². The maximum atomic E-state index is 14.0. The van der Waals surface area contributed by atoms with E-state index in [4.69, 9.17) is 4.74 Å². The molecule has 4 nitrogen and oxygen atoms in total. The standard InChI is InChI=1S/C17H24BrFN2O2/c1-17(2,3)23-16(22)21-12-9-7-11(8-10-12)20-14-6-4-5-13(18)15(14)19/h4-6,11-12,20H,7-10H2,1-3H3,(H,21,22). The lowest BCUT2D eigenvalue weighted by molar-refractivity contribution is 0.0492. The van der Waals surface area contributed by atoms with Crippen molar-refractivity contribution in [2.45, 2.75) is 64.1 Å². The van der Waals surface area contributed by atoms with Crippen molar-refractivity contribution in [2.75, 3.05) is 5.32 Å². The number of alkyl carbamates (subject to hydrolysis) is 1. The Hall–Kier alpha value is -1.30. The zero-order valence-electron chi connectivity index (χ0n) is 13.8. The lowest BCUT2D eigenvalue weighted by atomic mass is 9.91. The molecule has 6 heteroatoms. The molecule has 0 saturated heterocycles. The van der Waals surface area contributed by atoms with E-state index in [0.717, 1.165) is 25.7 Å². The van der Waals surface area contributed by atoms with Gasteiger partial charge in [0.25, 0.3) is 0 Å². The number of carbonyl (C=O) groups excluding carboxylic acids is 1. The molecule has 1 saturated carbocycles. The van der Waals surface area contributed by atoms with Gasteiger partial charge in [-0.15, -0.1) is 0 Å². The zero-order valence-corrected chi connectivity index (χ0v) is 15.4. The molecule has 1 fully saturated rings. The largest absolute Gasteiger partial charge is 0.444 e. The summed E-state index contributed by atoms with van der Waals surface area (Å²) in [6, 6.07) is 5.57. The first-order valence-corrected chi connectivity index (χ1v) is 8.74. The highest BCUT2D eigenvalue weighted by Gasteiger charge is 2.25. The van der Waals surface area contributed by atoms with E-state index in [1.165, 1.54) is 0 Å². The van der Waals surface area contributed by atoms with Crippen molar-refractivity contribution in [1.29, 1.82) is 0 Å². The number of anilines is 1. The average Bonchev–Trinajstić information content (AvgIpc) is 2.44. The van der Waals surface area contributed by atoms with Crippen molar-refractivity contribution in [1.82, 2.24) is 5.32 Å². The van der Waals surface area contributed by atoms with Crippen LogP contribution in [0.2, 0.25) is 0 Å². The fourth-order valence-corrected chi connectivity index (χ4v) is 3.06. The summed E-state index contributed by atoms with van der Waals surface area (Å²) in [6.45, 7) is 5.54. The van der Waals surface area contributed by atoms with E-state index in [9.17, 15) is 9.18 Å². The molecule has 0 aliphatic heterocycles. The fraction of sp³-hybridized carbons (Fsp3) is 0.588. The second-order valence-corrected chi connectivity index (χ2v) is 7.79. The molecule has 0 bridgehead atoms. The molecule has 0 spiro atoms. The molecule has 1 aliphatic rings. The molecule has 0 atom stereocenters. The summed E-state index contributed by atoms with van der Waals surface area (Å²) in [5, 5.41) is 6.16. The molecule has 1 aromatic rings. The quantitative estimate of drug-likeness (QED) is 0.781. The van der Waals surface area contributed by atoms with Crippen LogP contribution in [0.4, 0.5) is 14.9 Å². The molecule has 2 N–H and O–H groups in total. The van der Waals surface area contributed by atoms with Gasteiger partial charge in [-0.25, -0.2) is 9.18 Å². The fourth-order valence-electron chi connectivity index (χ4n) is 2.69. The van der Waals surface area contributed by atoms with Gasteiger partial charge in [-0.1, -0.05) is 6.07 Å². The molecule has 0 aromatic heterocycles. The number of hydrogen-bond acceptors (Lipinski definition) is 3. The number of nitrogens with one attached hydrogen (secondary N) is 2. The van der Waals surface area contributed by atoms with Crippen LogP contribution in [-0.4, -0.2) is 23.8 Å². The van der Waals surface area contributed by atoms with Crippen LogP contribution in [0, 0.1) is 5.82 Å². The Labute approximate surface area is 145 Å². The summed E-state index contributed by atoms with van der Waals surface area (Å²) in [5.74, 6) is -0.262. The lowest BCUT2D eigenvalue weighted by Crippen LogP contribution is -2.42. The van der Waals surface area contributed by atoms with Crippen LogP contribution in [0.15, 0.2) is 22.7 Å². The van der Waals surface area contributed by atoms with Crippen molar-refractivity contribution in [2.24, 2.45) is 0 Å². The van der Waals surface area contributed by atoms with Crippen LogP contribution in [0.3, 0.4) is 0 Å². The molecule has 0 unspecified atom stereocenters. The van der Waals surface area contributed by atoms with Crippen molar-refractivity contribution < 1.29 is 13.9 Å². The van der Waals surface area contributed by atoms with Gasteiger partial charge in [0.2, 0.25) is 0 Å². The van der Waals surface area contributed by atoms with Crippen LogP contribution in [0.5, 0.6) is 0 Å². The van der Waals surface area contributed by atoms with Crippen LogP contribution >= 0.6 is 15.9 Å². The molecular weight excluding hydrogens is 363 g/mol.